The lowest BCUT2D eigenvalue weighted by Crippen LogP contribution is -3.12. The van der Waals surface area contributed by atoms with Crippen LogP contribution >= 0.6 is 0 Å². The lowest BCUT2D eigenvalue weighted by molar-refractivity contribution is -0.883. The zero-order valence-corrected chi connectivity index (χ0v) is 12.9. The second-order valence-electron chi connectivity index (χ2n) is 8.29. The Balaban J connectivity index is 1.56. The third-order valence-electron chi connectivity index (χ3n) is 6.71. The van der Waals surface area contributed by atoms with Gasteiger partial charge < -0.3 is 9.80 Å². The van der Waals surface area contributed by atoms with Crippen LogP contribution in [0.15, 0.2) is 0 Å². The van der Waals surface area contributed by atoms with E-state index in [9.17, 15) is 4.79 Å². The number of carbonyl (C=O) groups is 1. The van der Waals surface area contributed by atoms with Crippen LogP contribution in [0.1, 0.15) is 44.9 Å². The largest absolute Gasteiger partial charge is 0.334 e. The lowest BCUT2D eigenvalue weighted by atomic mass is 9.58. The molecule has 1 N–H and O–H groups in total. The van der Waals surface area contributed by atoms with Crippen molar-refractivity contribution >= 4 is 5.91 Å². The summed E-state index contributed by atoms with van der Waals surface area (Å²) in [6.45, 7) is 4.26. The number of amides is 1. The summed E-state index contributed by atoms with van der Waals surface area (Å²) >= 11 is 0. The monoisotopic (exact) mass is 277 g/mol. The van der Waals surface area contributed by atoms with Crippen LogP contribution in [0.4, 0.5) is 0 Å². The van der Waals surface area contributed by atoms with Crippen LogP contribution in [0.2, 0.25) is 0 Å². The van der Waals surface area contributed by atoms with Gasteiger partial charge in [-0.25, -0.2) is 0 Å². The number of likely N-dealkylation sites (N-methyl/N-ethyl adjacent to an activating group) is 1. The van der Waals surface area contributed by atoms with Crippen molar-refractivity contribution in [2.24, 2.45) is 23.2 Å². The van der Waals surface area contributed by atoms with Gasteiger partial charge in [-0.2, -0.15) is 0 Å². The van der Waals surface area contributed by atoms with Crippen molar-refractivity contribution in [1.29, 1.82) is 0 Å². The van der Waals surface area contributed by atoms with E-state index in [1.807, 2.05) is 0 Å². The average molecular weight is 277 g/mol. The van der Waals surface area contributed by atoms with Gasteiger partial charge in [0.25, 0.3) is 0 Å². The predicted octanol–water partition coefficient (Wildman–Crippen LogP) is 0.950. The highest BCUT2D eigenvalue weighted by Gasteiger charge is 2.53. The lowest BCUT2D eigenvalue weighted by Gasteiger charge is -2.49. The molecule has 0 unspecified atom stereocenters. The molecule has 0 aromatic heterocycles. The summed E-state index contributed by atoms with van der Waals surface area (Å²) in [7, 11) is 2.25. The van der Waals surface area contributed by atoms with Crippen LogP contribution in [-0.4, -0.2) is 44.0 Å². The first kappa shape index (κ1) is 13.1. The van der Waals surface area contributed by atoms with Gasteiger partial charge in [-0.05, 0) is 49.9 Å². The molecule has 1 heterocycles. The minimum Gasteiger partial charge on any atom is -0.334 e. The molecule has 4 saturated carbocycles. The van der Waals surface area contributed by atoms with Gasteiger partial charge in [0.2, 0.25) is 5.91 Å². The number of nitrogens with one attached hydrogen (secondary N) is 1. The van der Waals surface area contributed by atoms with E-state index >= 15 is 0 Å². The molecule has 5 fully saturated rings. The van der Waals surface area contributed by atoms with Crippen molar-refractivity contribution in [3.8, 4) is 0 Å². The molecule has 0 aromatic rings. The summed E-state index contributed by atoms with van der Waals surface area (Å²) < 4.78 is 0. The van der Waals surface area contributed by atoms with Gasteiger partial charge in [0.1, 0.15) is 0 Å². The number of hydrogen-bond acceptors (Lipinski definition) is 1. The highest BCUT2D eigenvalue weighted by atomic mass is 16.2. The average Bonchev–Trinajstić information content (AvgIpc) is 2.65. The first-order valence-corrected chi connectivity index (χ1v) is 8.75. The second-order valence-corrected chi connectivity index (χ2v) is 8.29. The molecule has 3 heteroatoms. The van der Waals surface area contributed by atoms with Gasteiger partial charge in [-0.1, -0.05) is 12.8 Å². The SMILES string of the molecule is C[NH+]1CCN(C(=O)C23CC4C[C@@H](CC[C@H](C4)C2)C3)CC1. The molecular formula is C17H29N2O+. The highest BCUT2D eigenvalue weighted by Crippen LogP contribution is 2.58. The molecule has 1 saturated heterocycles. The maximum atomic E-state index is 13.2. The van der Waals surface area contributed by atoms with E-state index in [1.54, 1.807) is 4.90 Å². The summed E-state index contributed by atoms with van der Waals surface area (Å²) in [5, 5.41) is 0. The van der Waals surface area contributed by atoms with Crippen LogP contribution in [0.25, 0.3) is 0 Å². The Morgan fingerprint density at radius 3 is 2.15 bits per heavy atom. The first-order chi connectivity index (χ1) is 9.64. The molecule has 2 atom stereocenters. The van der Waals surface area contributed by atoms with Crippen molar-refractivity contribution < 1.29 is 9.69 Å². The van der Waals surface area contributed by atoms with E-state index in [1.165, 1.54) is 44.9 Å². The Bertz CT molecular complexity index is 384. The minimum atomic E-state index is 0.0677. The van der Waals surface area contributed by atoms with Gasteiger partial charge in [0.05, 0.1) is 38.6 Å². The molecule has 3 nitrogen and oxygen atoms in total. The third-order valence-corrected chi connectivity index (χ3v) is 6.71. The molecular weight excluding hydrogens is 248 g/mol. The fraction of sp³-hybridized carbons (Fsp3) is 0.941. The molecule has 5 aliphatic rings. The van der Waals surface area contributed by atoms with Crippen LogP contribution in [0.3, 0.4) is 0 Å². The summed E-state index contributed by atoms with van der Waals surface area (Å²) in [5.41, 5.74) is 0.0677. The van der Waals surface area contributed by atoms with Crippen molar-refractivity contribution in [1.82, 2.24) is 4.90 Å². The summed E-state index contributed by atoms with van der Waals surface area (Å²) in [4.78, 5) is 17.0. The van der Waals surface area contributed by atoms with Crippen LogP contribution < -0.4 is 4.90 Å². The Morgan fingerprint density at radius 2 is 1.55 bits per heavy atom. The number of quaternary nitrogens is 1. The summed E-state index contributed by atoms with van der Waals surface area (Å²) in [6, 6.07) is 0. The van der Waals surface area contributed by atoms with E-state index < -0.39 is 0 Å². The topological polar surface area (TPSA) is 24.8 Å². The molecule has 4 aliphatic carbocycles. The normalized spacial score (nSPS) is 44.6. The standard InChI is InChI=1S/C17H28N2O/c1-18-4-6-19(7-5-18)16(20)17-10-13-2-3-14(11-17)9-15(8-13)12-17/h13-15H,2-12H2,1H3/p+1/t13-,14-,15?,17?/m1/s1. The smallest absolute Gasteiger partial charge is 0.229 e. The highest BCUT2D eigenvalue weighted by molar-refractivity contribution is 5.83. The zero-order chi connectivity index (χ0) is 13.7. The van der Waals surface area contributed by atoms with Crippen molar-refractivity contribution in [2.45, 2.75) is 44.9 Å². The predicted molar refractivity (Wildman–Crippen MR) is 78.4 cm³/mol. The quantitative estimate of drug-likeness (QED) is 0.758. The van der Waals surface area contributed by atoms with Gasteiger partial charge >= 0.3 is 0 Å². The number of rotatable bonds is 1. The van der Waals surface area contributed by atoms with E-state index in [2.05, 4.69) is 11.9 Å². The van der Waals surface area contributed by atoms with Crippen molar-refractivity contribution in [3.63, 3.8) is 0 Å². The third kappa shape index (κ3) is 2.09. The second kappa shape index (κ2) is 4.72. The van der Waals surface area contributed by atoms with E-state index in [0.717, 1.165) is 43.9 Å². The van der Waals surface area contributed by atoms with Crippen LogP contribution in [0.5, 0.6) is 0 Å². The number of carbonyl (C=O) groups excluding carboxylic acids is 1. The number of piperazine rings is 1. The maximum Gasteiger partial charge on any atom is 0.229 e. The molecule has 0 aromatic carbocycles. The van der Waals surface area contributed by atoms with Gasteiger partial charge in [0, 0.05) is 0 Å². The molecule has 0 radical (unpaired) electrons. The molecule has 5 rings (SSSR count). The first-order valence-electron chi connectivity index (χ1n) is 8.75. The maximum absolute atomic E-state index is 13.2. The van der Waals surface area contributed by atoms with Crippen molar-refractivity contribution in [3.05, 3.63) is 0 Å². The Hall–Kier alpha value is -0.570. The van der Waals surface area contributed by atoms with Crippen LogP contribution in [0, 0.1) is 23.2 Å². The van der Waals surface area contributed by atoms with E-state index in [0.29, 0.717) is 5.91 Å². The van der Waals surface area contributed by atoms with Gasteiger partial charge in [-0.15, -0.1) is 0 Å². The molecule has 4 bridgehead atoms. The minimum absolute atomic E-state index is 0.0677. The van der Waals surface area contributed by atoms with E-state index in [4.69, 9.17) is 0 Å². The molecule has 1 aliphatic heterocycles. The molecule has 112 valence electrons. The fourth-order valence-corrected chi connectivity index (χ4v) is 5.88. The van der Waals surface area contributed by atoms with Crippen molar-refractivity contribution in [2.75, 3.05) is 33.2 Å². The zero-order valence-electron chi connectivity index (χ0n) is 12.9. The summed E-state index contributed by atoms with van der Waals surface area (Å²) in [5.74, 6) is 3.15. The molecule has 0 spiro atoms. The number of nitrogens with zero attached hydrogens (tertiary/aromatic N) is 1. The Labute approximate surface area is 122 Å². The fourth-order valence-electron chi connectivity index (χ4n) is 5.88. The van der Waals surface area contributed by atoms with Crippen LogP contribution in [-0.2, 0) is 4.79 Å². The Kier molecular flexibility index (Phi) is 3.10. The summed E-state index contributed by atoms with van der Waals surface area (Å²) in [6.07, 6.45) is 9.33. The van der Waals surface area contributed by atoms with Gasteiger partial charge in [-0.3, -0.25) is 4.79 Å². The molecule has 20 heavy (non-hydrogen) atoms. The van der Waals surface area contributed by atoms with Gasteiger partial charge in [0.15, 0.2) is 0 Å². The molecule has 1 amide bonds. The van der Waals surface area contributed by atoms with E-state index in [-0.39, 0.29) is 5.41 Å². The number of hydrogen-bond donors (Lipinski definition) is 1. The Morgan fingerprint density at radius 1 is 1.00 bits per heavy atom. The number of fused-ring (bicyclic) bond motifs is 1.